The summed E-state index contributed by atoms with van der Waals surface area (Å²) in [6, 6.07) is 13.9. The van der Waals surface area contributed by atoms with Crippen molar-refractivity contribution < 1.29 is 15.0 Å². The van der Waals surface area contributed by atoms with E-state index in [-0.39, 0.29) is 11.3 Å². The predicted octanol–water partition coefficient (Wildman–Crippen LogP) is 2.68. The first-order valence-corrected chi connectivity index (χ1v) is 5.26. The summed E-state index contributed by atoms with van der Waals surface area (Å²) in [4.78, 5) is 10.8. The lowest BCUT2D eigenvalue weighted by Gasteiger charge is -2.06. The Labute approximate surface area is 99.0 Å². The highest BCUT2D eigenvalue weighted by Gasteiger charge is 2.08. The quantitative estimate of drug-likeness (QED) is 0.849. The fourth-order valence-electron chi connectivity index (χ4n) is 1.68. The van der Waals surface area contributed by atoms with Crippen molar-refractivity contribution in [2.45, 2.75) is 6.42 Å². The van der Waals surface area contributed by atoms with Crippen LogP contribution in [0.4, 0.5) is 0 Å². The zero-order chi connectivity index (χ0) is 12.3. The van der Waals surface area contributed by atoms with E-state index >= 15 is 0 Å². The van der Waals surface area contributed by atoms with Gasteiger partial charge in [-0.3, -0.25) is 0 Å². The minimum atomic E-state index is -0.987. The van der Waals surface area contributed by atoms with Crippen LogP contribution in [0.5, 0.6) is 5.75 Å². The van der Waals surface area contributed by atoms with Crippen molar-refractivity contribution in [3.8, 4) is 5.75 Å². The summed E-state index contributed by atoms with van der Waals surface area (Å²) in [5.41, 5.74) is 1.84. The Bertz CT molecular complexity index is 532. The van der Waals surface area contributed by atoms with E-state index in [2.05, 4.69) is 0 Å². The molecule has 2 aromatic rings. The zero-order valence-corrected chi connectivity index (χ0v) is 9.13. The van der Waals surface area contributed by atoms with Crippen molar-refractivity contribution in [2.24, 2.45) is 0 Å². The molecule has 0 bridgehead atoms. The van der Waals surface area contributed by atoms with Gasteiger partial charge < -0.3 is 10.2 Å². The Balaban J connectivity index is 2.32. The largest absolute Gasteiger partial charge is 0.508 e. The van der Waals surface area contributed by atoms with Crippen LogP contribution in [0.2, 0.25) is 0 Å². The van der Waals surface area contributed by atoms with Crippen LogP contribution in [0.3, 0.4) is 0 Å². The van der Waals surface area contributed by atoms with E-state index in [1.54, 1.807) is 0 Å². The molecule has 2 rings (SSSR count). The highest BCUT2D eigenvalue weighted by atomic mass is 16.4. The maximum absolute atomic E-state index is 10.8. The van der Waals surface area contributed by atoms with Crippen LogP contribution in [-0.4, -0.2) is 16.2 Å². The van der Waals surface area contributed by atoms with Crippen LogP contribution < -0.4 is 0 Å². The van der Waals surface area contributed by atoms with E-state index < -0.39 is 5.97 Å². The van der Waals surface area contributed by atoms with Crippen LogP contribution in [-0.2, 0) is 6.42 Å². The smallest absolute Gasteiger partial charge is 0.335 e. The lowest BCUT2D eigenvalue weighted by atomic mass is 10.0. The maximum atomic E-state index is 10.8. The molecule has 86 valence electrons. The molecule has 0 saturated heterocycles. The molecule has 0 unspecified atom stereocenters. The van der Waals surface area contributed by atoms with Gasteiger partial charge in [0, 0.05) is 6.42 Å². The third kappa shape index (κ3) is 2.64. The SMILES string of the molecule is O=C(O)c1ccc(O)c(Cc2ccccc2)c1. The molecule has 0 aliphatic heterocycles. The molecule has 0 aliphatic rings. The summed E-state index contributed by atoms with van der Waals surface area (Å²) in [5.74, 6) is -0.863. The van der Waals surface area contributed by atoms with Crippen molar-refractivity contribution in [3.63, 3.8) is 0 Å². The van der Waals surface area contributed by atoms with Gasteiger partial charge in [-0.25, -0.2) is 4.79 Å². The molecule has 0 saturated carbocycles. The van der Waals surface area contributed by atoms with E-state index in [4.69, 9.17) is 5.11 Å². The lowest BCUT2D eigenvalue weighted by Crippen LogP contribution is -1.98. The van der Waals surface area contributed by atoms with Gasteiger partial charge in [-0.1, -0.05) is 30.3 Å². The summed E-state index contributed by atoms with van der Waals surface area (Å²) < 4.78 is 0. The molecule has 0 aliphatic carbocycles. The topological polar surface area (TPSA) is 57.5 Å². The minimum Gasteiger partial charge on any atom is -0.508 e. The number of hydrogen-bond donors (Lipinski definition) is 2. The van der Waals surface area contributed by atoms with Crippen LogP contribution in [0.15, 0.2) is 48.5 Å². The van der Waals surface area contributed by atoms with E-state index in [1.807, 2.05) is 30.3 Å². The number of phenols is 1. The van der Waals surface area contributed by atoms with Crippen LogP contribution in [0.1, 0.15) is 21.5 Å². The first-order chi connectivity index (χ1) is 8.16. The molecule has 17 heavy (non-hydrogen) atoms. The van der Waals surface area contributed by atoms with E-state index in [0.29, 0.717) is 12.0 Å². The van der Waals surface area contributed by atoms with Gasteiger partial charge in [-0.05, 0) is 29.3 Å². The molecular weight excluding hydrogens is 216 g/mol. The minimum absolute atomic E-state index is 0.124. The number of rotatable bonds is 3. The molecule has 0 spiro atoms. The van der Waals surface area contributed by atoms with Gasteiger partial charge in [0.2, 0.25) is 0 Å². The molecule has 0 aromatic heterocycles. The van der Waals surface area contributed by atoms with Gasteiger partial charge >= 0.3 is 5.97 Å². The fourth-order valence-corrected chi connectivity index (χ4v) is 1.68. The van der Waals surface area contributed by atoms with Crippen LogP contribution in [0, 0.1) is 0 Å². The lowest BCUT2D eigenvalue weighted by molar-refractivity contribution is 0.0697. The Morgan fingerprint density at radius 1 is 1.06 bits per heavy atom. The van der Waals surface area contributed by atoms with Gasteiger partial charge in [0.05, 0.1) is 5.56 Å². The second kappa shape index (κ2) is 4.70. The van der Waals surface area contributed by atoms with E-state index in [0.717, 1.165) is 5.56 Å². The molecule has 2 aromatic carbocycles. The number of benzene rings is 2. The molecule has 2 N–H and O–H groups in total. The van der Waals surface area contributed by atoms with Gasteiger partial charge in [0.1, 0.15) is 5.75 Å². The highest BCUT2D eigenvalue weighted by molar-refractivity contribution is 5.88. The third-order valence-corrected chi connectivity index (χ3v) is 2.56. The Kier molecular flexibility index (Phi) is 3.10. The van der Waals surface area contributed by atoms with E-state index in [9.17, 15) is 9.90 Å². The van der Waals surface area contributed by atoms with Crippen LogP contribution in [0.25, 0.3) is 0 Å². The average molecular weight is 228 g/mol. The number of carboxylic acid groups (broad SMARTS) is 1. The molecule has 0 atom stereocenters. The maximum Gasteiger partial charge on any atom is 0.335 e. The number of carboxylic acids is 1. The van der Waals surface area contributed by atoms with Crippen molar-refractivity contribution >= 4 is 5.97 Å². The Hall–Kier alpha value is -2.29. The van der Waals surface area contributed by atoms with Crippen molar-refractivity contribution in [3.05, 3.63) is 65.2 Å². The summed E-state index contributed by atoms with van der Waals surface area (Å²) in [6.07, 6.45) is 0.522. The number of carbonyl (C=O) groups is 1. The molecule has 0 amide bonds. The summed E-state index contributed by atoms with van der Waals surface area (Å²) in [6.45, 7) is 0. The molecular formula is C14H12O3. The second-order valence-corrected chi connectivity index (χ2v) is 3.81. The third-order valence-electron chi connectivity index (χ3n) is 2.56. The fraction of sp³-hybridized carbons (Fsp3) is 0.0714. The summed E-state index contributed by atoms with van der Waals surface area (Å²) in [5, 5.41) is 18.6. The standard InChI is InChI=1S/C14H12O3/c15-13-7-6-11(14(16)17)9-12(13)8-10-4-2-1-3-5-10/h1-7,9,15H,8H2,(H,16,17). The zero-order valence-electron chi connectivity index (χ0n) is 9.13. The van der Waals surface area contributed by atoms with Gasteiger partial charge in [0.25, 0.3) is 0 Å². The average Bonchev–Trinajstić information content (AvgIpc) is 2.33. The molecule has 3 heteroatoms. The number of aromatic carboxylic acids is 1. The molecule has 0 radical (unpaired) electrons. The molecule has 0 heterocycles. The van der Waals surface area contributed by atoms with Crippen LogP contribution >= 0.6 is 0 Å². The first-order valence-electron chi connectivity index (χ1n) is 5.26. The predicted molar refractivity (Wildman–Crippen MR) is 64.3 cm³/mol. The molecule has 3 nitrogen and oxygen atoms in total. The Morgan fingerprint density at radius 2 is 1.76 bits per heavy atom. The van der Waals surface area contributed by atoms with Crippen molar-refractivity contribution in [2.75, 3.05) is 0 Å². The number of aromatic hydroxyl groups is 1. The monoisotopic (exact) mass is 228 g/mol. The highest BCUT2D eigenvalue weighted by Crippen LogP contribution is 2.21. The number of phenolic OH excluding ortho intramolecular Hbond substituents is 1. The van der Waals surface area contributed by atoms with Crippen molar-refractivity contribution in [1.82, 2.24) is 0 Å². The van der Waals surface area contributed by atoms with Gasteiger partial charge in [-0.15, -0.1) is 0 Å². The van der Waals surface area contributed by atoms with Gasteiger partial charge in [0.15, 0.2) is 0 Å². The summed E-state index contributed by atoms with van der Waals surface area (Å²) in [7, 11) is 0. The van der Waals surface area contributed by atoms with Gasteiger partial charge in [-0.2, -0.15) is 0 Å². The van der Waals surface area contributed by atoms with Crippen molar-refractivity contribution in [1.29, 1.82) is 0 Å². The normalized spacial score (nSPS) is 10.1. The second-order valence-electron chi connectivity index (χ2n) is 3.81. The number of hydrogen-bond acceptors (Lipinski definition) is 2. The first kappa shape index (κ1) is 11.2. The molecule has 0 fully saturated rings. The Morgan fingerprint density at radius 3 is 2.41 bits per heavy atom. The summed E-state index contributed by atoms with van der Waals surface area (Å²) >= 11 is 0. The van der Waals surface area contributed by atoms with E-state index in [1.165, 1.54) is 18.2 Å².